The Balaban J connectivity index is 1.77. The number of nitrogens with zero attached hydrogens (tertiary/aromatic N) is 1. The molecule has 3 rings (SSSR count). The zero-order valence-corrected chi connectivity index (χ0v) is 15.1. The molecule has 6 heteroatoms. The number of carbonyl (C=O) groups is 1. The van der Waals surface area contributed by atoms with Crippen LogP contribution in [0.1, 0.15) is 22.0 Å². The highest BCUT2D eigenvalue weighted by Gasteiger charge is 2.27. The molecule has 1 fully saturated rings. The predicted molar refractivity (Wildman–Crippen MR) is 90.8 cm³/mol. The number of benzene rings is 1. The van der Waals surface area contributed by atoms with Crippen LogP contribution >= 0.6 is 43.2 Å². The van der Waals surface area contributed by atoms with Crippen molar-refractivity contribution in [1.82, 2.24) is 4.90 Å². The van der Waals surface area contributed by atoms with Gasteiger partial charge in [0.1, 0.15) is 6.10 Å². The first kappa shape index (κ1) is 15.2. The van der Waals surface area contributed by atoms with E-state index in [0.717, 1.165) is 13.1 Å². The summed E-state index contributed by atoms with van der Waals surface area (Å²) in [5.74, 6) is 0.0491. The molecule has 1 aromatic carbocycles. The molecule has 0 spiro atoms. The van der Waals surface area contributed by atoms with Crippen LogP contribution in [0.15, 0.2) is 44.0 Å². The van der Waals surface area contributed by atoms with Gasteiger partial charge in [-0.15, -0.1) is 11.3 Å². The van der Waals surface area contributed by atoms with Crippen molar-refractivity contribution in [3.8, 4) is 0 Å². The first-order chi connectivity index (χ1) is 10.1. The minimum Gasteiger partial charge on any atom is -0.370 e. The number of amides is 1. The first-order valence-corrected chi connectivity index (χ1v) is 8.96. The molecule has 1 amide bonds. The lowest BCUT2D eigenvalue weighted by Gasteiger charge is -2.33. The number of thiophene rings is 1. The van der Waals surface area contributed by atoms with E-state index in [4.69, 9.17) is 4.74 Å². The molecule has 0 bridgehead atoms. The molecule has 0 N–H and O–H groups in total. The maximum absolute atomic E-state index is 12.6. The molecule has 3 nitrogen and oxygen atoms in total. The van der Waals surface area contributed by atoms with Crippen molar-refractivity contribution in [2.45, 2.75) is 6.10 Å². The Labute approximate surface area is 144 Å². The van der Waals surface area contributed by atoms with E-state index in [2.05, 4.69) is 31.9 Å². The topological polar surface area (TPSA) is 29.5 Å². The monoisotopic (exact) mass is 429 g/mol. The molecular formula is C15H13Br2NO2S. The average Bonchev–Trinajstić information content (AvgIpc) is 2.86. The minimum absolute atomic E-state index is 0.0491. The first-order valence-electron chi connectivity index (χ1n) is 6.56. The molecule has 1 atom stereocenters. The molecule has 0 saturated carbocycles. The number of rotatable bonds is 2. The molecule has 1 aliphatic heterocycles. The lowest BCUT2D eigenvalue weighted by molar-refractivity contribution is -0.0228. The number of halogens is 2. The van der Waals surface area contributed by atoms with Gasteiger partial charge >= 0.3 is 0 Å². The van der Waals surface area contributed by atoms with E-state index in [0.29, 0.717) is 25.3 Å². The number of carbonyl (C=O) groups excluding carboxylic acids is 1. The Morgan fingerprint density at radius 2 is 2.05 bits per heavy atom. The number of hydrogen-bond acceptors (Lipinski definition) is 3. The Bertz CT molecular complexity index is 644. The third-order valence-electron chi connectivity index (χ3n) is 3.41. The summed E-state index contributed by atoms with van der Waals surface area (Å²) in [5.41, 5.74) is 1.82. The van der Waals surface area contributed by atoms with Crippen LogP contribution in [0.2, 0.25) is 0 Å². The van der Waals surface area contributed by atoms with Crippen molar-refractivity contribution in [2.24, 2.45) is 0 Å². The van der Waals surface area contributed by atoms with Gasteiger partial charge in [0, 0.05) is 6.54 Å². The van der Waals surface area contributed by atoms with Crippen LogP contribution in [-0.4, -0.2) is 30.5 Å². The normalized spacial score (nSPS) is 18.8. The van der Waals surface area contributed by atoms with Gasteiger partial charge in [-0.25, -0.2) is 0 Å². The van der Waals surface area contributed by atoms with E-state index in [9.17, 15) is 4.79 Å². The summed E-state index contributed by atoms with van der Waals surface area (Å²) >= 11 is 8.38. The smallest absolute Gasteiger partial charge is 0.256 e. The fourth-order valence-corrected chi connectivity index (χ4v) is 5.14. The van der Waals surface area contributed by atoms with Gasteiger partial charge < -0.3 is 9.64 Å². The van der Waals surface area contributed by atoms with Gasteiger partial charge in [0.15, 0.2) is 0 Å². The fourth-order valence-electron chi connectivity index (χ4n) is 2.36. The highest BCUT2D eigenvalue weighted by atomic mass is 79.9. The quantitative estimate of drug-likeness (QED) is 0.702. The zero-order chi connectivity index (χ0) is 14.8. The van der Waals surface area contributed by atoms with Gasteiger partial charge in [0.05, 0.1) is 26.3 Å². The van der Waals surface area contributed by atoms with E-state index in [1.807, 2.05) is 41.3 Å². The van der Waals surface area contributed by atoms with Crippen LogP contribution in [0.25, 0.3) is 0 Å². The lowest BCUT2D eigenvalue weighted by Crippen LogP contribution is -2.42. The molecule has 21 heavy (non-hydrogen) atoms. The van der Waals surface area contributed by atoms with Gasteiger partial charge in [-0.1, -0.05) is 30.3 Å². The van der Waals surface area contributed by atoms with E-state index >= 15 is 0 Å². The second-order valence-electron chi connectivity index (χ2n) is 4.76. The van der Waals surface area contributed by atoms with Gasteiger partial charge in [-0.05, 0) is 43.5 Å². The lowest BCUT2D eigenvalue weighted by atomic mass is 10.1. The van der Waals surface area contributed by atoms with Crippen LogP contribution in [0.3, 0.4) is 0 Å². The zero-order valence-electron chi connectivity index (χ0n) is 11.1. The maximum atomic E-state index is 12.6. The van der Waals surface area contributed by atoms with Crippen molar-refractivity contribution in [1.29, 1.82) is 0 Å². The van der Waals surface area contributed by atoms with Crippen LogP contribution in [0.5, 0.6) is 0 Å². The Hall–Kier alpha value is -0.690. The predicted octanol–water partition coefficient (Wildman–Crippen LogP) is 4.49. The average molecular weight is 431 g/mol. The Morgan fingerprint density at radius 1 is 1.29 bits per heavy atom. The highest BCUT2D eigenvalue weighted by Crippen LogP contribution is 2.33. The largest absolute Gasteiger partial charge is 0.370 e. The standard InChI is InChI=1S/C15H13Br2NO2S/c16-13-8-11(14(17)21-13)15(19)18-6-7-20-12(9-18)10-4-2-1-3-5-10/h1-5,8,12H,6-7,9H2. The van der Waals surface area contributed by atoms with Crippen molar-refractivity contribution in [3.63, 3.8) is 0 Å². The molecule has 0 radical (unpaired) electrons. The van der Waals surface area contributed by atoms with Gasteiger partial charge in [-0.2, -0.15) is 0 Å². The third kappa shape index (κ3) is 3.39. The van der Waals surface area contributed by atoms with Crippen molar-refractivity contribution >= 4 is 49.1 Å². The molecule has 1 saturated heterocycles. The minimum atomic E-state index is -0.0512. The van der Waals surface area contributed by atoms with Crippen LogP contribution in [0.4, 0.5) is 0 Å². The van der Waals surface area contributed by atoms with E-state index < -0.39 is 0 Å². The molecule has 110 valence electrons. The second-order valence-corrected chi connectivity index (χ2v) is 8.51. The molecule has 2 heterocycles. The van der Waals surface area contributed by atoms with Crippen LogP contribution in [-0.2, 0) is 4.74 Å². The molecule has 1 aliphatic rings. The van der Waals surface area contributed by atoms with E-state index in [-0.39, 0.29) is 12.0 Å². The highest BCUT2D eigenvalue weighted by molar-refractivity contribution is 9.12. The summed E-state index contributed by atoms with van der Waals surface area (Å²) in [6.07, 6.45) is -0.0512. The summed E-state index contributed by atoms with van der Waals surface area (Å²) < 4.78 is 7.62. The molecular weight excluding hydrogens is 418 g/mol. The summed E-state index contributed by atoms with van der Waals surface area (Å²) in [7, 11) is 0. The van der Waals surface area contributed by atoms with Crippen molar-refractivity contribution in [3.05, 3.63) is 55.1 Å². The molecule has 1 aromatic heterocycles. The number of morpholine rings is 1. The van der Waals surface area contributed by atoms with Crippen LogP contribution in [0, 0.1) is 0 Å². The molecule has 2 aromatic rings. The van der Waals surface area contributed by atoms with Crippen molar-refractivity contribution in [2.75, 3.05) is 19.7 Å². The van der Waals surface area contributed by atoms with E-state index in [1.165, 1.54) is 11.3 Å². The molecule has 1 unspecified atom stereocenters. The van der Waals surface area contributed by atoms with Gasteiger partial charge in [0.2, 0.25) is 0 Å². The second kappa shape index (κ2) is 6.60. The fraction of sp³-hybridized carbons (Fsp3) is 0.267. The maximum Gasteiger partial charge on any atom is 0.256 e. The Kier molecular flexibility index (Phi) is 4.78. The summed E-state index contributed by atoms with van der Waals surface area (Å²) in [4.78, 5) is 14.5. The van der Waals surface area contributed by atoms with Gasteiger partial charge in [0.25, 0.3) is 5.91 Å². The Morgan fingerprint density at radius 3 is 2.71 bits per heavy atom. The van der Waals surface area contributed by atoms with Crippen molar-refractivity contribution < 1.29 is 9.53 Å². The molecule has 0 aliphatic carbocycles. The summed E-state index contributed by atoms with van der Waals surface area (Å²) in [5, 5.41) is 0. The number of ether oxygens (including phenoxy) is 1. The van der Waals surface area contributed by atoms with Crippen LogP contribution < -0.4 is 0 Å². The number of hydrogen-bond donors (Lipinski definition) is 0. The third-order valence-corrected chi connectivity index (χ3v) is 5.75. The van der Waals surface area contributed by atoms with Gasteiger partial charge in [-0.3, -0.25) is 4.79 Å². The summed E-state index contributed by atoms with van der Waals surface area (Å²) in [6.45, 7) is 1.78. The summed E-state index contributed by atoms with van der Waals surface area (Å²) in [6, 6.07) is 11.9. The SMILES string of the molecule is O=C(c1cc(Br)sc1Br)N1CCOC(c2ccccc2)C1. The van der Waals surface area contributed by atoms with E-state index in [1.54, 1.807) is 0 Å².